The third-order valence-electron chi connectivity index (χ3n) is 3.97. The van der Waals surface area contributed by atoms with Gasteiger partial charge in [-0.05, 0) is 62.4 Å². The third-order valence-corrected chi connectivity index (χ3v) is 5.21. The van der Waals surface area contributed by atoms with Gasteiger partial charge >= 0.3 is 6.18 Å². The van der Waals surface area contributed by atoms with Crippen LogP contribution >= 0.6 is 0 Å². The molecule has 2 aromatic carbocycles. The van der Waals surface area contributed by atoms with Crippen molar-refractivity contribution in [3.8, 4) is 5.75 Å². The van der Waals surface area contributed by atoms with Gasteiger partial charge in [-0.3, -0.25) is 9.10 Å². The Morgan fingerprint density at radius 1 is 1.10 bits per heavy atom. The van der Waals surface area contributed by atoms with Crippen molar-refractivity contribution < 1.29 is 31.1 Å². The zero-order valence-electron chi connectivity index (χ0n) is 16.0. The van der Waals surface area contributed by atoms with E-state index in [1.54, 1.807) is 12.1 Å². The van der Waals surface area contributed by atoms with E-state index in [9.17, 15) is 26.4 Å². The summed E-state index contributed by atoms with van der Waals surface area (Å²) in [5.41, 5.74) is -0.475. The Balaban J connectivity index is 2.22. The number of hydrogen-bond acceptors (Lipinski definition) is 4. The van der Waals surface area contributed by atoms with Gasteiger partial charge in [-0.15, -0.1) is 0 Å². The van der Waals surface area contributed by atoms with Crippen LogP contribution in [-0.2, 0) is 21.0 Å². The summed E-state index contributed by atoms with van der Waals surface area (Å²) in [7, 11) is -3.82. The highest BCUT2D eigenvalue weighted by atomic mass is 32.2. The van der Waals surface area contributed by atoms with Crippen LogP contribution in [-0.4, -0.2) is 33.2 Å². The fourth-order valence-electron chi connectivity index (χ4n) is 2.65. The molecule has 1 N–H and O–H groups in total. The minimum Gasteiger partial charge on any atom is -0.494 e. The molecule has 0 aromatic heterocycles. The number of rotatable bonds is 7. The van der Waals surface area contributed by atoms with Gasteiger partial charge in [-0.25, -0.2) is 8.42 Å². The molecule has 2 aromatic rings. The lowest BCUT2D eigenvalue weighted by Crippen LogP contribution is -2.45. The minimum atomic E-state index is -4.49. The number of anilines is 2. The number of benzene rings is 2. The maximum absolute atomic E-state index is 12.6. The third kappa shape index (κ3) is 5.86. The summed E-state index contributed by atoms with van der Waals surface area (Å²) in [4.78, 5) is 12.6. The summed E-state index contributed by atoms with van der Waals surface area (Å²) in [6, 6.07) is 8.91. The van der Waals surface area contributed by atoms with Crippen LogP contribution in [0.3, 0.4) is 0 Å². The van der Waals surface area contributed by atoms with E-state index in [2.05, 4.69) is 5.32 Å². The van der Waals surface area contributed by atoms with Crippen molar-refractivity contribution in [1.82, 2.24) is 0 Å². The number of amides is 1. The lowest BCUT2D eigenvalue weighted by Gasteiger charge is -2.28. The van der Waals surface area contributed by atoms with Crippen molar-refractivity contribution in [1.29, 1.82) is 0 Å². The highest BCUT2D eigenvalue weighted by Gasteiger charge is 2.31. The van der Waals surface area contributed by atoms with Gasteiger partial charge < -0.3 is 10.1 Å². The average molecular weight is 430 g/mol. The molecule has 2 rings (SSSR count). The summed E-state index contributed by atoms with van der Waals surface area (Å²) in [6.07, 6.45) is -3.53. The number of sulfonamides is 1. The number of halogens is 3. The van der Waals surface area contributed by atoms with E-state index in [1.165, 1.54) is 19.1 Å². The van der Waals surface area contributed by atoms with Gasteiger partial charge in [0.15, 0.2) is 0 Å². The molecule has 0 bridgehead atoms. The van der Waals surface area contributed by atoms with Gasteiger partial charge in [0.1, 0.15) is 11.8 Å². The van der Waals surface area contributed by atoms with Gasteiger partial charge in [-0.2, -0.15) is 13.2 Å². The van der Waals surface area contributed by atoms with E-state index >= 15 is 0 Å². The molecule has 0 unspecified atom stereocenters. The molecule has 10 heteroatoms. The molecule has 0 aliphatic heterocycles. The molecule has 0 saturated carbocycles. The van der Waals surface area contributed by atoms with Crippen molar-refractivity contribution in [3.05, 3.63) is 54.1 Å². The van der Waals surface area contributed by atoms with Crippen molar-refractivity contribution in [3.63, 3.8) is 0 Å². The Labute approximate surface area is 167 Å². The maximum atomic E-state index is 12.6. The number of nitrogens with zero attached hydrogens (tertiary/aromatic N) is 1. The smallest absolute Gasteiger partial charge is 0.416 e. The zero-order chi connectivity index (χ0) is 21.8. The molecule has 6 nitrogen and oxygen atoms in total. The summed E-state index contributed by atoms with van der Waals surface area (Å²) >= 11 is 0. The number of ether oxygens (including phenoxy) is 1. The fraction of sp³-hybridized carbons (Fsp3) is 0.316. The van der Waals surface area contributed by atoms with Crippen molar-refractivity contribution in [2.45, 2.75) is 26.1 Å². The summed E-state index contributed by atoms with van der Waals surface area (Å²) in [5, 5.41) is 2.44. The summed E-state index contributed by atoms with van der Waals surface area (Å²) in [5.74, 6) is -0.143. The first-order valence-electron chi connectivity index (χ1n) is 8.64. The van der Waals surface area contributed by atoms with E-state index in [0.717, 1.165) is 34.8 Å². The van der Waals surface area contributed by atoms with Crippen LogP contribution in [0.5, 0.6) is 5.75 Å². The predicted octanol–water partition coefficient (Wildman–Crippen LogP) is 3.90. The molecule has 1 atom stereocenters. The molecular weight excluding hydrogens is 409 g/mol. The lowest BCUT2D eigenvalue weighted by molar-refractivity contribution is -0.137. The van der Waals surface area contributed by atoms with Gasteiger partial charge in [-0.1, -0.05) is 0 Å². The fourth-order valence-corrected chi connectivity index (χ4v) is 3.83. The Morgan fingerprint density at radius 2 is 1.66 bits per heavy atom. The Hall–Kier alpha value is -2.75. The highest BCUT2D eigenvalue weighted by Crippen LogP contribution is 2.30. The Morgan fingerprint density at radius 3 is 2.10 bits per heavy atom. The molecule has 29 heavy (non-hydrogen) atoms. The van der Waals surface area contributed by atoms with Crippen LogP contribution in [0, 0.1) is 0 Å². The van der Waals surface area contributed by atoms with E-state index in [-0.39, 0.29) is 11.4 Å². The van der Waals surface area contributed by atoms with Crippen molar-refractivity contribution in [2.75, 3.05) is 22.5 Å². The molecule has 0 aliphatic carbocycles. The van der Waals surface area contributed by atoms with Crippen LogP contribution < -0.4 is 14.4 Å². The highest BCUT2D eigenvalue weighted by molar-refractivity contribution is 7.92. The average Bonchev–Trinajstić information content (AvgIpc) is 2.62. The molecule has 158 valence electrons. The minimum absolute atomic E-state index is 0.120. The summed E-state index contributed by atoms with van der Waals surface area (Å²) in [6.45, 7) is 3.64. The standard InChI is InChI=1S/C19H21F3N2O4S/c1-4-28-17-11-9-16(10-12-17)24(29(3,26)27)13(2)18(25)23-15-7-5-14(6-8-15)19(20,21)22/h5-13H,4H2,1-3H3,(H,23,25)/t13-/m0/s1. The van der Waals surface area contributed by atoms with Crippen LogP contribution in [0.4, 0.5) is 24.5 Å². The number of carbonyl (C=O) groups excluding carboxylic acids is 1. The van der Waals surface area contributed by atoms with E-state index < -0.39 is 33.7 Å². The number of nitrogens with one attached hydrogen (secondary N) is 1. The first-order valence-corrected chi connectivity index (χ1v) is 10.5. The molecular formula is C19H21F3N2O4S. The van der Waals surface area contributed by atoms with Gasteiger partial charge in [0, 0.05) is 5.69 Å². The zero-order valence-corrected chi connectivity index (χ0v) is 16.8. The van der Waals surface area contributed by atoms with Gasteiger partial charge in [0.05, 0.1) is 24.1 Å². The topological polar surface area (TPSA) is 75.7 Å². The quantitative estimate of drug-likeness (QED) is 0.723. The SMILES string of the molecule is CCOc1ccc(N([C@@H](C)C(=O)Nc2ccc(C(F)(F)F)cc2)S(C)(=O)=O)cc1. The van der Waals surface area contributed by atoms with Gasteiger partial charge in [0.25, 0.3) is 0 Å². The van der Waals surface area contributed by atoms with E-state index in [1.807, 2.05) is 6.92 Å². The van der Waals surface area contributed by atoms with Gasteiger partial charge in [0.2, 0.25) is 15.9 Å². The molecule has 0 saturated heterocycles. The first kappa shape index (κ1) is 22.5. The second-order valence-electron chi connectivity index (χ2n) is 6.23. The van der Waals surface area contributed by atoms with Crippen LogP contribution in [0.15, 0.2) is 48.5 Å². The number of hydrogen-bond donors (Lipinski definition) is 1. The molecule has 0 radical (unpaired) electrons. The van der Waals surface area contributed by atoms with Crippen LogP contribution in [0.25, 0.3) is 0 Å². The maximum Gasteiger partial charge on any atom is 0.416 e. The largest absolute Gasteiger partial charge is 0.494 e. The predicted molar refractivity (Wildman–Crippen MR) is 104 cm³/mol. The normalized spacial score (nSPS) is 12.9. The first-order chi connectivity index (χ1) is 13.4. The Bertz CT molecular complexity index is 943. The van der Waals surface area contributed by atoms with Crippen molar-refractivity contribution in [2.24, 2.45) is 0 Å². The van der Waals surface area contributed by atoms with E-state index in [4.69, 9.17) is 4.74 Å². The monoisotopic (exact) mass is 430 g/mol. The lowest BCUT2D eigenvalue weighted by atomic mass is 10.2. The second-order valence-corrected chi connectivity index (χ2v) is 8.09. The van der Waals surface area contributed by atoms with Crippen LogP contribution in [0.2, 0.25) is 0 Å². The van der Waals surface area contributed by atoms with Crippen LogP contribution in [0.1, 0.15) is 19.4 Å². The molecule has 0 fully saturated rings. The second kappa shape index (κ2) is 8.73. The number of alkyl halides is 3. The van der Waals surface area contributed by atoms with E-state index in [0.29, 0.717) is 12.4 Å². The van der Waals surface area contributed by atoms with Crippen molar-refractivity contribution >= 4 is 27.3 Å². The molecule has 0 aliphatic rings. The molecule has 0 spiro atoms. The summed E-state index contributed by atoms with van der Waals surface area (Å²) < 4.78 is 68.7. The molecule has 0 heterocycles. The molecule has 1 amide bonds. The Kier molecular flexibility index (Phi) is 6.78. The number of carbonyl (C=O) groups is 1.